The van der Waals surface area contributed by atoms with E-state index in [-0.39, 0.29) is 5.91 Å². The zero-order valence-corrected chi connectivity index (χ0v) is 12.4. The smallest absolute Gasteiger partial charge is 0.224 e. The highest BCUT2D eigenvalue weighted by molar-refractivity contribution is 8.06. The number of carbonyl (C=O) groups excluding carboxylic acids is 1. The van der Waals surface area contributed by atoms with Crippen LogP contribution in [0.4, 0.5) is 0 Å². The first kappa shape index (κ1) is 14.1. The second-order valence-electron chi connectivity index (χ2n) is 4.14. The molecule has 1 atom stereocenters. The van der Waals surface area contributed by atoms with E-state index in [1.165, 1.54) is 11.5 Å². The molecule has 1 amide bonds. The van der Waals surface area contributed by atoms with Gasteiger partial charge in [-0.25, -0.2) is 0 Å². The molecule has 0 aromatic heterocycles. The quantitative estimate of drug-likeness (QED) is 0.927. The number of hydrogen-bond acceptors (Lipinski definition) is 3. The molecule has 2 nitrogen and oxygen atoms in total. The van der Waals surface area contributed by atoms with Crippen LogP contribution in [0.25, 0.3) is 0 Å². The lowest BCUT2D eigenvalue weighted by molar-refractivity contribution is -0.120. The number of nitrogens with one attached hydrogen (secondary N) is 1. The predicted molar refractivity (Wildman–Crippen MR) is 81.7 cm³/mol. The van der Waals surface area contributed by atoms with Crippen LogP contribution in [0, 0.1) is 0 Å². The molecule has 98 valence electrons. The molecule has 0 unspecified atom stereocenters. The third-order valence-corrected chi connectivity index (χ3v) is 5.93. The fourth-order valence-corrected chi connectivity index (χ4v) is 4.57. The summed E-state index contributed by atoms with van der Waals surface area (Å²) in [5.41, 5.74) is 0.891. The molecule has 2 rings (SSSR count). The number of hydrogen-bond donors (Lipinski definition) is 1. The highest BCUT2D eigenvalue weighted by Gasteiger charge is 2.15. The molecule has 1 fully saturated rings. The Labute approximate surface area is 121 Å². The van der Waals surface area contributed by atoms with Gasteiger partial charge >= 0.3 is 0 Å². The van der Waals surface area contributed by atoms with E-state index in [2.05, 4.69) is 5.32 Å². The van der Waals surface area contributed by atoms with Gasteiger partial charge < -0.3 is 5.32 Å². The summed E-state index contributed by atoms with van der Waals surface area (Å²) in [5, 5.41) is 4.21. The zero-order chi connectivity index (χ0) is 12.8. The fourth-order valence-electron chi connectivity index (χ4n) is 1.76. The minimum absolute atomic E-state index is 0.0549. The highest BCUT2D eigenvalue weighted by Crippen LogP contribution is 2.23. The SMILES string of the molecule is O=C(Cc1ccccc1Cl)NC[C@@H]1CSCCS1. The molecule has 18 heavy (non-hydrogen) atoms. The second-order valence-corrected chi connectivity index (χ2v) is 7.11. The number of carbonyl (C=O) groups is 1. The van der Waals surface area contributed by atoms with Crippen molar-refractivity contribution in [2.24, 2.45) is 0 Å². The highest BCUT2D eigenvalue weighted by atomic mass is 35.5. The average Bonchev–Trinajstić information content (AvgIpc) is 2.40. The Bertz CT molecular complexity index is 408. The first-order valence-corrected chi connectivity index (χ1v) is 8.53. The zero-order valence-electron chi connectivity index (χ0n) is 10.0. The molecule has 1 heterocycles. The van der Waals surface area contributed by atoms with Crippen molar-refractivity contribution in [3.63, 3.8) is 0 Å². The van der Waals surface area contributed by atoms with Crippen molar-refractivity contribution in [3.8, 4) is 0 Å². The van der Waals surface area contributed by atoms with Gasteiger partial charge in [0.1, 0.15) is 0 Å². The van der Waals surface area contributed by atoms with Gasteiger partial charge in [-0.1, -0.05) is 29.8 Å². The molecule has 1 aromatic carbocycles. The molecule has 0 radical (unpaired) electrons. The van der Waals surface area contributed by atoms with E-state index in [1.807, 2.05) is 47.8 Å². The van der Waals surface area contributed by atoms with Gasteiger partial charge in [0.05, 0.1) is 6.42 Å². The average molecular weight is 302 g/mol. The Morgan fingerprint density at radius 3 is 2.94 bits per heavy atom. The molecule has 1 aliphatic rings. The summed E-state index contributed by atoms with van der Waals surface area (Å²) in [5.74, 6) is 3.61. The predicted octanol–water partition coefficient (Wildman–Crippen LogP) is 2.85. The van der Waals surface area contributed by atoms with Crippen LogP contribution in [0.3, 0.4) is 0 Å². The Morgan fingerprint density at radius 1 is 1.39 bits per heavy atom. The molecule has 1 aromatic rings. The van der Waals surface area contributed by atoms with Gasteiger partial charge in [-0.15, -0.1) is 0 Å². The van der Waals surface area contributed by atoms with Gasteiger partial charge in [0, 0.05) is 34.1 Å². The van der Waals surface area contributed by atoms with Gasteiger partial charge in [0.25, 0.3) is 0 Å². The molecule has 1 saturated heterocycles. The van der Waals surface area contributed by atoms with Crippen LogP contribution in [0.15, 0.2) is 24.3 Å². The summed E-state index contributed by atoms with van der Waals surface area (Å²) < 4.78 is 0. The molecule has 5 heteroatoms. The van der Waals surface area contributed by atoms with Gasteiger partial charge in [-0.2, -0.15) is 23.5 Å². The van der Waals surface area contributed by atoms with Crippen molar-refractivity contribution in [1.29, 1.82) is 0 Å². The Kier molecular flexibility index (Phi) is 5.73. The van der Waals surface area contributed by atoms with Gasteiger partial charge in [-0.05, 0) is 11.6 Å². The third kappa shape index (κ3) is 4.41. The third-order valence-electron chi connectivity index (χ3n) is 2.72. The van der Waals surface area contributed by atoms with E-state index in [0.29, 0.717) is 16.7 Å². The first-order valence-electron chi connectivity index (χ1n) is 5.95. The Hall–Kier alpha value is -0.320. The molecule has 0 aliphatic carbocycles. The summed E-state index contributed by atoms with van der Waals surface area (Å²) in [6.45, 7) is 0.765. The molecule has 1 N–H and O–H groups in total. The minimum atomic E-state index is 0.0549. The van der Waals surface area contributed by atoms with E-state index < -0.39 is 0 Å². The fraction of sp³-hybridized carbons (Fsp3) is 0.462. The summed E-state index contributed by atoms with van der Waals surface area (Å²) in [6, 6.07) is 7.49. The van der Waals surface area contributed by atoms with Crippen molar-refractivity contribution < 1.29 is 4.79 Å². The van der Waals surface area contributed by atoms with Crippen molar-refractivity contribution in [3.05, 3.63) is 34.9 Å². The van der Waals surface area contributed by atoms with Gasteiger partial charge in [0.2, 0.25) is 5.91 Å². The van der Waals surface area contributed by atoms with Crippen molar-refractivity contribution in [2.75, 3.05) is 23.8 Å². The minimum Gasteiger partial charge on any atom is -0.355 e. The molecular formula is C13H16ClNOS2. The first-order chi connectivity index (χ1) is 8.75. The molecule has 1 aliphatic heterocycles. The lowest BCUT2D eigenvalue weighted by atomic mass is 10.1. The summed E-state index contributed by atoms with van der Waals surface area (Å²) >= 11 is 9.95. The summed E-state index contributed by atoms with van der Waals surface area (Å²) in [7, 11) is 0. The lowest BCUT2D eigenvalue weighted by Gasteiger charge is -2.21. The maximum absolute atomic E-state index is 11.8. The number of thioether (sulfide) groups is 2. The maximum Gasteiger partial charge on any atom is 0.224 e. The number of amides is 1. The molecule has 0 spiro atoms. The van der Waals surface area contributed by atoms with Gasteiger partial charge in [0.15, 0.2) is 0 Å². The molecule has 0 bridgehead atoms. The van der Waals surface area contributed by atoms with Crippen LogP contribution < -0.4 is 5.32 Å². The summed E-state index contributed by atoms with van der Waals surface area (Å²) in [4.78, 5) is 11.8. The maximum atomic E-state index is 11.8. The van der Waals surface area contributed by atoms with Crippen molar-refractivity contribution >= 4 is 41.0 Å². The van der Waals surface area contributed by atoms with Crippen LogP contribution in [0.2, 0.25) is 5.02 Å². The van der Waals surface area contributed by atoms with E-state index in [1.54, 1.807) is 0 Å². The van der Waals surface area contributed by atoms with Crippen molar-refractivity contribution in [2.45, 2.75) is 11.7 Å². The molecule has 0 saturated carbocycles. The Balaban J connectivity index is 1.76. The van der Waals surface area contributed by atoms with Crippen molar-refractivity contribution in [1.82, 2.24) is 5.32 Å². The van der Waals surface area contributed by atoms with E-state index >= 15 is 0 Å². The molecular weight excluding hydrogens is 286 g/mol. The topological polar surface area (TPSA) is 29.1 Å². The second kappa shape index (κ2) is 7.31. The number of benzene rings is 1. The van der Waals surface area contributed by atoms with E-state index in [0.717, 1.165) is 17.9 Å². The number of halogens is 1. The Morgan fingerprint density at radius 2 is 2.22 bits per heavy atom. The van der Waals surface area contributed by atoms with Crippen LogP contribution in [-0.2, 0) is 11.2 Å². The lowest BCUT2D eigenvalue weighted by Crippen LogP contribution is -2.34. The van der Waals surface area contributed by atoms with Gasteiger partial charge in [-0.3, -0.25) is 4.79 Å². The van der Waals surface area contributed by atoms with Crippen LogP contribution in [0.1, 0.15) is 5.56 Å². The van der Waals surface area contributed by atoms with Crippen LogP contribution >= 0.6 is 35.1 Å². The largest absolute Gasteiger partial charge is 0.355 e. The van der Waals surface area contributed by atoms with E-state index in [4.69, 9.17) is 11.6 Å². The normalized spacial score (nSPS) is 19.5. The summed E-state index contributed by atoms with van der Waals surface area (Å²) in [6.07, 6.45) is 0.365. The standard InChI is InChI=1S/C13H16ClNOS2/c14-12-4-2-1-3-10(12)7-13(16)15-8-11-9-17-5-6-18-11/h1-4,11H,5-9H2,(H,15,16)/t11-/m1/s1. The van der Waals surface area contributed by atoms with E-state index in [9.17, 15) is 4.79 Å². The van der Waals surface area contributed by atoms with Crippen LogP contribution in [-0.4, -0.2) is 35.0 Å². The van der Waals surface area contributed by atoms with Crippen LogP contribution in [0.5, 0.6) is 0 Å². The monoisotopic (exact) mass is 301 g/mol. The number of rotatable bonds is 4.